The summed E-state index contributed by atoms with van der Waals surface area (Å²) in [4.78, 5) is 18.3. The molecule has 3 rings (SSSR count). The Morgan fingerprint density at radius 1 is 1.32 bits per heavy atom. The second-order valence-electron chi connectivity index (χ2n) is 6.63. The lowest BCUT2D eigenvalue weighted by atomic mass is 9.93. The molecule has 150 valence electrons. The lowest BCUT2D eigenvalue weighted by molar-refractivity contribution is -0.137. The molecule has 1 aromatic carbocycles. The van der Waals surface area contributed by atoms with Crippen LogP contribution >= 0.6 is 0 Å². The topological polar surface area (TPSA) is 101 Å². The van der Waals surface area contributed by atoms with Crippen molar-refractivity contribution < 1.29 is 17.6 Å². The first kappa shape index (κ1) is 19.9. The predicted molar refractivity (Wildman–Crippen MR) is 94.7 cm³/mol. The van der Waals surface area contributed by atoms with Crippen LogP contribution in [0.15, 0.2) is 34.8 Å². The van der Waals surface area contributed by atoms with Gasteiger partial charge in [0.25, 0.3) is 5.56 Å². The zero-order valence-electron chi connectivity index (χ0n) is 15.0. The number of H-pyrrole nitrogens is 1. The van der Waals surface area contributed by atoms with Crippen LogP contribution < -0.4 is 17.1 Å². The number of aromatic amines is 1. The monoisotopic (exact) mass is 397 g/mol. The molecule has 1 saturated heterocycles. The molecule has 0 radical (unpaired) electrons. The molecule has 6 nitrogen and oxygen atoms in total. The van der Waals surface area contributed by atoms with Crippen molar-refractivity contribution in [2.75, 3.05) is 0 Å². The van der Waals surface area contributed by atoms with Gasteiger partial charge >= 0.3 is 6.18 Å². The Morgan fingerprint density at radius 2 is 2.04 bits per heavy atom. The molecule has 1 aliphatic rings. The summed E-state index contributed by atoms with van der Waals surface area (Å²) in [5.74, 6) is 5.54. The number of piperidine rings is 1. The average molecular weight is 397 g/mol. The van der Waals surface area contributed by atoms with Crippen molar-refractivity contribution in [3.05, 3.63) is 68.8 Å². The van der Waals surface area contributed by atoms with Crippen molar-refractivity contribution in [1.29, 1.82) is 0 Å². The maximum Gasteiger partial charge on any atom is 0.416 e. The third kappa shape index (κ3) is 3.86. The van der Waals surface area contributed by atoms with Crippen LogP contribution in [0, 0.1) is 12.7 Å². The maximum absolute atomic E-state index is 14.4. The van der Waals surface area contributed by atoms with E-state index in [4.69, 9.17) is 11.6 Å². The number of hydrogen-bond donors (Lipinski definition) is 3. The molecule has 1 unspecified atom stereocenters. The van der Waals surface area contributed by atoms with Gasteiger partial charge in [-0.15, -0.1) is 0 Å². The van der Waals surface area contributed by atoms with Crippen molar-refractivity contribution in [2.45, 2.75) is 38.4 Å². The van der Waals surface area contributed by atoms with E-state index < -0.39 is 23.6 Å². The molecule has 1 aromatic heterocycles. The van der Waals surface area contributed by atoms with Crippen LogP contribution in [-0.4, -0.2) is 15.0 Å². The molecule has 0 bridgehead atoms. The van der Waals surface area contributed by atoms with Gasteiger partial charge in [0.1, 0.15) is 11.6 Å². The molecule has 28 heavy (non-hydrogen) atoms. The normalized spacial score (nSPS) is 19.6. The van der Waals surface area contributed by atoms with Crippen LogP contribution in [0.2, 0.25) is 0 Å². The highest BCUT2D eigenvalue weighted by Crippen LogP contribution is 2.38. The summed E-state index contributed by atoms with van der Waals surface area (Å²) in [6, 6.07) is 2.93. The van der Waals surface area contributed by atoms with Crippen LogP contribution in [0.25, 0.3) is 5.70 Å². The number of alkyl halides is 3. The highest BCUT2D eigenvalue weighted by Gasteiger charge is 2.33. The van der Waals surface area contributed by atoms with Gasteiger partial charge < -0.3 is 15.7 Å². The molecule has 1 atom stereocenters. The molecule has 0 aliphatic carbocycles. The van der Waals surface area contributed by atoms with E-state index in [1.807, 2.05) is 0 Å². The fourth-order valence-corrected chi connectivity index (χ4v) is 3.34. The first-order valence-electron chi connectivity index (χ1n) is 8.55. The number of nitrogens with one attached hydrogen (secondary N) is 1. The lowest BCUT2D eigenvalue weighted by Crippen LogP contribution is -2.39. The Balaban J connectivity index is 1.98. The van der Waals surface area contributed by atoms with Crippen LogP contribution in [0.4, 0.5) is 17.6 Å². The summed E-state index contributed by atoms with van der Waals surface area (Å²) in [5, 5.41) is 1.25. The molecule has 0 amide bonds. The molecule has 10 heteroatoms. The van der Waals surface area contributed by atoms with Gasteiger partial charge in [-0.2, -0.15) is 13.2 Å². The summed E-state index contributed by atoms with van der Waals surface area (Å²) in [7, 11) is 0. The minimum Gasteiger partial charge on any atom is -0.396 e. The summed E-state index contributed by atoms with van der Waals surface area (Å²) >= 11 is 0. The Kier molecular flexibility index (Phi) is 5.16. The number of benzene rings is 1. The number of nitrogens with two attached hydrogens (primary N) is 2. The maximum atomic E-state index is 14.4. The molecular formula is C18H19F4N5O. The third-order valence-electron chi connectivity index (χ3n) is 4.67. The summed E-state index contributed by atoms with van der Waals surface area (Å²) in [6.45, 7) is 1.60. The van der Waals surface area contributed by atoms with Crippen LogP contribution in [0.5, 0.6) is 0 Å². The molecule has 1 fully saturated rings. The highest BCUT2D eigenvalue weighted by molar-refractivity contribution is 5.62. The average Bonchev–Trinajstić information content (AvgIpc) is 2.60. The Morgan fingerprint density at radius 3 is 2.64 bits per heavy atom. The number of aromatic nitrogens is 2. The van der Waals surface area contributed by atoms with Crippen molar-refractivity contribution in [1.82, 2.24) is 15.0 Å². The second kappa shape index (κ2) is 7.27. The van der Waals surface area contributed by atoms with E-state index in [1.165, 1.54) is 11.1 Å². The molecule has 0 spiro atoms. The van der Waals surface area contributed by atoms with Crippen LogP contribution in [0.1, 0.15) is 47.9 Å². The molecular weight excluding hydrogens is 378 g/mol. The summed E-state index contributed by atoms with van der Waals surface area (Å²) in [6.07, 6.45) is -3.13. The summed E-state index contributed by atoms with van der Waals surface area (Å²) < 4.78 is 52.7. The van der Waals surface area contributed by atoms with Crippen molar-refractivity contribution >= 4 is 5.70 Å². The Labute approximate surface area is 157 Å². The van der Waals surface area contributed by atoms with Crippen molar-refractivity contribution in [2.24, 2.45) is 11.6 Å². The second-order valence-corrected chi connectivity index (χ2v) is 6.63. The largest absolute Gasteiger partial charge is 0.416 e. The number of hydrazine groups is 1. The first-order valence-corrected chi connectivity index (χ1v) is 8.55. The van der Waals surface area contributed by atoms with Gasteiger partial charge in [0, 0.05) is 11.6 Å². The van der Waals surface area contributed by atoms with E-state index in [-0.39, 0.29) is 22.5 Å². The molecule has 2 aromatic rings. The third-order valence-corrected chi connectivity index (χ3v) is 4.67. The van der Waals surface area contributed by atoms with Crippen molar-refractivity contribution in [3.8, 4) is 0 Å². The minimum absolute atomic E-state index is 0.0514. The van der Waals surface area contributed by atoms with E-state index in [1.54, 1.807) is 6.92 Å². The van der Waals surface area contributed by atoms with E-state index >= 15 is 0 Å². The van der Waals surface area contributed by atoms with Gasteiger partial charge in [0.05, 0.1) is 28.7 Å². The van der Waals surface area contributed by atoms with Gasteiger partial charge in [-0.1, -0.05) is 6.07 Å². The quantitative estimate of drug-likeness (QED) is 0.534. The smallest absolute Gasteiger partial charge is 0.396 e. The fourth-order valence-electron chi connectivity index (χ4n) is 3.34. The number of nitrogens with zero attached hydrogens (tertiary/aromatic N) is 2. The SMILES string of the molecule is Cc1nc(/C(N)=C2\CCCC(c3ccc(C(F)(F)F)cc3F)N2N)cc(=O)[nH]1. The zero-order valence-corrected chi connectivity index (χ0v) is 15.0. The fraction of sp³-hybridized carbons (Fsp3) is 0.333. The number of allylic oxidation sites excluding steroid dienone is 1. The number of halogens is 4. The highest BCUT2D eigenvalue weighted by atomic mass is 19.4. The van der Waals surface area contributed by atoms with Gasteiger partial charge in [0.15, 0.2) is 0 Å². The number of rotatable bonds is 2. The van der Waals surface area contributed by atoms with Gasteiger partial charge in [0.2, 0.25) is 0 Å². The standard InChI is InChI=1S/C18H19F4N5O/c1-9-25-13(8-16(28)26-9)17(23)15-4-2-3-14(27(15)24)11-6-5-10(7-12(11)19)18(20,21)22/h5-8,14H,2-4,23-24H2,1H3,(H,25,26,28)/b17-15-. The van der Waals surface area contributed by atoms with Gasteiger partial charge in [-0.3, -0.25) is 4.79 Å². The van der Waals surface area contributed by atoms with E-state index in [0.717, 1.165) is 12.1 Å². The Bertz CT molecular complexity index is 983. The van der Waals surface area contributed by atoms with Crippen molar-refractivity contribution in [3.63, 3.8) is 0 Å². The van der Waals surface area contributed by atoms with Crippen LogP contribution in [0.3, 0.4) is 0 Å². The van der Waals surface area contributed by atoms with E-state index in [2.05, 4.69) is 9.97 Å². The zero-order chi connectivity index (χ0) is 20.6. The molecule has 1 aliphatic heterocycles. The van der Waals surface area contributed by atoms with Gasteiger partial charge in [-0.05, 0) is 38.3 Å². The minimum atomic E-state index is -4.63. The number of hydrogen-bond acceptors (Lipinski definition) is 5. The van der Waals surface area contributed by atoms with Gasteiger partial charge in [-0.25, -0.2) is 15.2 Å². The molecule has 5 N–H and O–H groups in total. The molecule has 2 heterocycles. The van der Waals surface area contributed by atoms with E-state index in [9.17, 15) is 22.4 Å². The lowest BCUT2D eigenvalue weighted by Gasteiger charge is -2.37. The first-order chi connectivity index (χ1) is 13.1. The number of aryl methyl sites for hydroxylation is 1. The summed E-state index contributed by atoms with van der Waals surface area (Å²) in [5.41, 5.74) is 5.63. The Hall–Kier alpha value is -2.88. The molecule has 0 saturated carbocycles. The van der Waals surface area contributed by atoms with E-state index in [0.29, 0.717) is 36.9 Å². The van der Waals surface area contributed by atoms with Crippen LogP contribution in [-0.2, 0) is 6.18 Å². The predicted octanol–water partition coefficient (Wildman–Crippen LogP) is 2.96.